The first-order valence-corrected chi connectivity index (χ1v) is 44.0. The van der Waals surface area contributed by atoms with Gasteiger partial charge in [-0.25, -0.2) is 39.5 Å². The predicted molar refractivity (Wildman–Crippen MR) is 513 cm³/mol. The van der Waals surface area contributed by atoms with Crippen LogP contribution in [0.5, 0.6) is 5.75 Å². The number of benzene rings is 9. The zero-order valence-electron chi connectivity index (χ0n) is 73.3. The minimum atomic E-state index is -0.580. The van der Waals surface area contributed by atoms with Crippen LogP contribution in [0, 0.1) is 0 Å². The van der Waals surface area contributed by atoms with E-state index in [2.05, 4.69) is 127 Å². The van der Waals surface area contributed by atoms with Gasteiger partial charge < -0.3 is 68.7 Å². The molecule has 3 saturated carbocycles. The van der Waals surface area contributed by atoms with Crippen molar-refractivity contribution in [1.29, 1.82) is 0 Å². The number of halogens is 1. The topological polar surface area (TPSA) is 390 Å². The number of carbonyl (C=O) groups excluding carboxylic acids is 5. The molecule has 132 heavy (non-hydrogen) atoms. The normalized spacial score (nSPS) is 14.3. The maximum Gasteiger partial charge on any atom is 0.569 e. The highest BCUT2D eigenvalue weighted by Gasteiger charge is 2.44. The number of alkyl carbamates (subject to hydrolysis) is 2. The van der Waals surface area contributed by atoms with Crippen molar-refractivity contribution in [3.05, 3.63) is 312 Å². The van der Waals surface area contributed by atoms with Crippen LogP contribution in [0.4, 0.5) is 44.1 Å². The number of nitrogens with zero attached hydrogens (tertiary/aromatic N) is 9. The maximum atomic E-state index is 12.8. The molecule has 21 rings (SSSR count). The van der Waals surface area contributed by atoms with Gasteiger partial charge in [0.2, 0.25) is 17.7 Å². The van der Waals surface area contributed by atoms with Crippen LogP contribution < -0.4 is 54.2 Å². The molecule has 3 fully saturated rings. The summed E-state index contributed by atoms with van der Waals surface area (Å²) in [5.74, 6) is 3.53. The molecule has 27 nitrogen and oxygen atoms in total. The van der Waals surface area contributed by atoms with E-state index >= 15 is 0 Å². The van der Waals surface area contributed by atoms with Gasteiger partial charge in [0, 0.05) is 85.3 Å². The molecule has 3 aliphatic carbocycles. The van der Waals surface area contributed by atoms with Crippen molar-refractivity contribution in [2.24, 2.45) is 22.9 Å². The number of primary amides is 3. The third kappa shape index (κ3) is 17.4. The molecule has 29 heteroatoms. The molecule has 14 N–H and O–H groups in total. The van der Waals surface area contributed by atoms with Crippen LogP contribution in [0.15, 0.2) is 273 Å². The number of pyridine rings is 3. The lowest BCUT2D eigenvalue weighted by Gasteiger charge is -2.43. The number of para-hydroxylation sites is 3. The van der Waals surface area contributed by atoms with Crippen LogP contribution in [0.1, 0.15) is 147 Å². The maximum absolute atomic E-state index is 12.8. The minimum Gasteiger partial charge on any atom is -0.537 e. The Morgan fingerprint density at radius 1 is 0.402 bits per heavy atom. The van der Waals surface area contributed by atoms with E-state index in [1.165, 1.54) is 24.3 Å². The number of hydrogen-bond acceptors (Lipinski definition) is 19. The summed E-state index contributed by atoms with van der Waals surface area (Å²) in [4.78, 5) is 88.7. The lowest BCUT2D eigenvalue weighted by Crippen LogP contribution is -2.52. The smallest absolute Gasteiger partial charge is 0.537 e. The zero-order chi connectivity index (χ0) is 92.0. The van der Waals surface area contributed by atoms with Gasteiger partial charge in [0.05, 0.1) is 73.7 Å². The van der Waals surface area contributed by atoms with E-state index in [0.717, 1.165) is 211 Å². The summed E-state index contributed by atoms with van der Waals surface area (Å²) in [5.41, 5.74) is 42.0. The summed E-state index contributed by atoms with van der Waals surface area (Å²) in [6.45, 7) is 11.2. The summed E-state index contributed by atoms with van der Waals surface area (Å²) in [5, 5.41) is 25.4. The van der Waals surface area contributed by atoms with Crippen molar-refractivity contribution in [3.8, 4) is 113 Å². The van der Waals surface area contributed by atoms with E-state index in [1.807, 2.05) is 181 Å². The van der Waals surface area contributed by atoms with Crippen LogP contribution in [-0.2, 0) is 26.1 Å². The number of ether oxygens (including phenoxy) is 2. The second-order valence-electron chi connectivity index (χ2n) is 35.3. The molecule has 0 unspecified atom stereocenters. The Kier molecular flexibility index (Phi) is 23.4. The molecule has 661 valence electrons. The van der Waals surface area contributed by atoms with Gasteiger partial charge in [-0.1, -0.05) is 145 Å². The quantitative estimate of drug-likeness (QED) is 0.0426. The van der Waals surface area contributed by atoms with Gasteiger partial charge in [0.25, 0.3) is 0 Å². The summed E-state index contributed by atoms with van der Waals surface area (Å²) >= 11 is 6.81. The number of anilines is 6. The lowest BCUT2D eigenvalue weighted by atomic mass is 9.71. The summed E-state index contributed by atoms with van der Waals surface area (Å²) in [7, 11) is 0.569. The van der Waals surface area contributed by atoms with E-state index in [4.69, 9.17) is 64.0 Å². The molecule has 0 saturated heterocycles. The molecule has 6 aliphatic rings. The summed E-state index contributed by atoms with van der Waals surface area (Å²) < 4.78 is 22.1. The van der Waals surface area contributed by atoms with Crippen LogP contribution >= 0.6 is 11.6 Å². The number of nitrogens with one attached hydrogen (secondary N) is 5. The number of amides is 5. The highest BCUT2D eigenvalue weighted by molar-refractivity contribution is 6.32. The van der Waals surface area contributed by atoms with E-state index in [0.29, 0.717) is 41.1 Å². The highest BCUT2D eigenvalue weighted by atomic mass is 35.5. The number of fused-ring (bicyclic) bond motifs is 15. The molecule has 9 heterocycles. The zero-order valence-corrected chi connectivity index (χ0v) is 74.1. The van der Waals surface area contributed by atoms with Crippen molar-refractivity contribution >= 4 is 83.7 Å². The third-order valence-electron chi connectivity index (χ3n) is 24.4. The van der Waals surface area contributed by atoms with Crippen LogP contribution in [0.3, 0.4) is 0 Å². The largest absolute Gasteiger partial charge is 0.569 e. The van der Waals surface area contributed by atoms with E-state index in [9.17, 15) is 24.0 Å². The average Bonchev–Trinajstić information content (AvgIpc) is 1.56. The number of aromatic nitrogens is 9. The summed E-state index contributed by atoms with van der Waals surface area (Å²) in [6, 6.07) is 81.7. The Balaban J connectivity index is 0.000000125. The third-order valence-corrected chi connectivity index (χ3v) is 24.7. The molecule has 6 aromatic heterocycles. The number of rotatable bonds is 15. The molecular formula is C103H95BClN18O9. The second-order valence-corrected chi connectivity index (χ2v) is 35.7. The van der Waals surface area contributed by atoms with Crippen molar-refractivity contribution in [2.45, 2.75) is 127 Å². The SMILES string of the molecule is CC(C)(C)OC(=O)NC1(c2ccc(-c3c(-c4ccc(C(N)=O)cc4)nc4n3-c3cccnc3Nc3ccccc3-4)cc2)CCC1.CC(C)(C)OC(=O)NC1(c2ccc(-c3c(Cl)nc4n3-c3cccnc3Nc3ccccc3-4)cc2)CCC1.NC(=O)c1ccc(-c2nc3n(c2-c2ccc(C4(N)CCC4)cc2)-c2cccnc2Nc2ccccc2-3)cc1.NC(=O)c1ccc(O[B]O)cc1. The predicted octanol–water partition coefficient (Wildman–Crippen LogP) is 20.0. The van der Waals surface area contributed by atoms with E-state index in [1.54, 1.807) is 42.9 Å². The van der Waals surface area contributed by atoms with Gasteiger partial charge in [-0.15, -0.1) is 0 Å². The molecule has 1 radical (unpaired) electrons. The highest BCUT2D eigenvalue weighted by Crippen LogP contribution is 2.51. The Hall–Kier alpha value is -15.5. The second kappa shape index (κ2) is 35.5. The van der Waals surface area contributed by atoms with Gasteiger partial charge in [0.15, 0.2) is 22.6 Å². The van der Waals surface area contributed by atoms with Gasteiger partial charge in [-0.2, -0.15) is 0 Å². The first kappa shape index (κ1) is 87.2. The van der Waals surface area contributed by atoms with Crippen molar-refractivity contribution in [2.75, 3.05) is 16.0 Å². The first-order chi connectivity index (χ1) is 63.6. The molecule has 5 amide bonds. The molecule has 3 aliphatic heterocycles. The Labute approximate surface area is 767 Å². The van der Waals surface area contributed by atoms with Gasteiger partial charge in [-0.05, 0) is 237 Å². The fourth-order valence-corrected chi connectivity index (χ4v) is 17.8. The molecule has 0 atom stereocenters. The number of carbonyl (C=O) groups is 5. The molecular weight excluding hydrogens is 1680 g/mol. The number of nitrogens with two attached hydrogens (primary N) is 4. The number of hydrogen-bond donors (Lipinski definition) is 10. The number of imidazole rings is 3. The fraction of sp³-hybridized carbons (Fsp3) is 0.194. The van der Waals surface area contributed by atoms with E-state index in [-0.39, 0.29) is 5.54 Å². The molecule has 0 spiro atoms. The van der Waals surface area contributed by atoms with Crippen molar-refractivity contribution < 1.29 is 43.1 Å². The molecule has 9 aromatic carbocycles. The first-order valence-electron chi connectivity index (χ1n) is 43.6. The molecule has 15 aromatic rings. The standard InChI is InChI=1S/C36H34N6O3.C31H26N6O.C29H28ClN5O2.C7H7BNO3/c1-35(2,3)45-34(44)41-36(19-7-20-36)25-17-15-23(16-18-25)30-29(22-11-13-24(14-12-22)31(37)43)40-33-26-8-4-5-9-27(26)39-32-28(42(30)33)10-6-21-38-32;32-28(38)21-10-8-19(9-11-21)26-27(20-12-14-22(15-13-20)31(33)16-4-17-31)37-25-7-3-18-34-29(25)35-24-6-2-1-5-23(24)30(37)36-26;1-28(2,3)37-27(36)34-29(15-7-16-29)19-13-11-18(12-14-19)23-24(30)33-26-20-8-4-5-9-21(20)32-25-22(35(23)26)10-6-17-31-25;9-7(10)5-1-3-6(4-2-5)12-8-11/h4-6,8-18,21H,7,19-20H2,1-3H3,(H2,37,43)(H,38,39)(H,41,44);1-3,5-15,18H,4,16-17,33H2,(H2,32,38)(H,34,35);4-6,8-14,17H,7,15-16H2,1-3H3,(H,31,32)(H,34,36);1-4,11H,(H2,9,10). The van der Waals surface area contributed by atoms with Crippen LogP contribution in [0.25, 0.3) is 108 Å². The monoisotopic (exact) mass is 1770 g/mol. The van der Waals surface area contributed by atoms with Crippen LogP contribution in [0.2, 0.25) is 5.15 Å². The van der Waals surface area contributed by atoms with E-state index < -0.39 is 52.2 Å². The van der Waals surface area contributed by atoms with Crippen molar-refractivity contribution in [1.82, 2.24) is 54.2 Å². The van der Waals surface area contributed by atoms with Gasteiger partial charge >= 0.3 is 19.9 Å². The van der Waals surface area contributed by atoms with Gasteiger partial charge in [-0.3, -0.25) is 28.1 Å². The van der Waals surface area contributed by atoms with Gasteiger partial charge in [0.1, 0.15) is 34.4 Å². The Morgan fingerprint density at radius 3 is 1.05 bits per heavy atom. The summed E-state index contributed by atoms with van der Waals surface area (Å²) in [6.07, 6.45) is 13.2. The van der Waals surface area contributed by atoms with Crippen molar-refractivity contribution in [3.63, 3.8) is 0 Å². The Bertz CT molecular complexity index is 6940. The minimum absolute atomic E-state index is 0.236. The lowest BCUT2D eigenvalue weighted by molar-refractivity contribution is 0.0365. The van der Waals surface area contributed by atoms with Crippen LogP contribution in [-0.4, -0.2) is 97.4 Å². The average molecular weight is 1780 g/mol. The Morgan fingerprint density at radius 2 is 0.720 bits per heavy atom. The fourth-order valence-electron chi connectivity index (χ4n) is 17.5. The molecule has 0 bridgehead atoms.